The van der Waals surface area contributed by atoms with Crippen LogP contribution in [0.3, 0.4) is 0 Å². The summed E-state index contributed by atoms with van der Waals surface area (Å²) in [7, 11) is 0. The quantitative estimate of drug-likeness (QED) is 0.640. The molecule has 1 aliphatic rings. The van der Waals surface area contributed by atoms with E-state index in [0.29, 0.717) is 16.8 Å². The van der Waals surface area contributed by atoms with Crippen LogP contribution >= 0.6 is 15.9 Å². The van der Waals surface area contributed by atoms with E-state index in [-0.39, 0.29) is 18.2 Å². The van der Waals surface area contributed by atoms with Gasteiger partial charge < -0.3 is 15.8 Å². The first-order valence-corrected chi connectivity index (χ1v) is 6.72. The molecule has 2 unspecified atom stereocenters. The lowest BCUT2D eigenvalue weighted by Crippen LogP contribution is -2.47. The van der Waals surface area contributed by atoms with Gasteiger partial charge in [-0.15, -0.1) is 0 Å². The number of anilines is 1. The van der Waals surface area contributed by atoms with E-state index in [1.165, 1.54) is 12.1 Å². The highest BCUT2D eigenvalue weighted by molar-refractivity contribution is 9.10. The van der Waals surface area contributed by atoms with Crippen molar-refractivity contribution in [2.24, 2.45) is 11.1 Å². The molecule has 1 aromatic rings. The van der Waals surface area contributed by atoms with Crippen molar-refractivity contribution in [2.75, 3.05) is 18.5 Å². The minimum atomic E-state index is -0.831. The van der Waals surface area contributed by atoms with Crippen LogP contribution in [-0.4, -0.2) is 30.1 Å². The van der Waals surface area contributed by atoms with Gasteiger partial charge in [-0.3, -0.25) is 14.9 Å². The van der Waals surface area contributed by atoms with E-state index in [4.69, 9.17) is 10.5 Å². The first-order chi connectivity index (χ1) is 9.34. The van der Waals surface area contributed by atoms with Gasteiger partial charge in [0.05, 0.1) is 28.0 Å². The molecule has 20 heavy (non-hydrogen) atoms. The van der Waals surface area contributed by atoms with Crippen LogP contribution in [0.25, 0.3) is 0 Å². The fourth-order valence-electron chi connectivity index (χ4n) is 1.93. The summed E-state index contributed by atoms with van der Waals surface area (Å²) in [4.78, 5) is 22.6. The molecule has 0 bridgehead atoms. The van der Waals surface area contributed by atoms with Crippen LogP contribution in [-0.2, 0) is 9.53 Å². The smallest absolute Gasteiger partial charge is 0.285 e. The van der Waals surface area contributed by atoms with Crippen molar-refractivity contribution in [2.45, 2.75) is 13.0 Å². The van der Waals surface area contributed by atoms with Crippen LogP contribution in [0.15, 0.2) is 22.7 Å². The molecule has 0 aromatic heterocycles. The molecular formula is C12H14BrN3O4. The van der Waals surface area contributed by atoms with Crippen molar-refractivity contribution in [3.05, 3.63) is 32.8 Å². The van der Waals surface area contributed by atoms with Gasteiger partial charge >= 0.3 is 0 Å². The number of nitro benzene ring substituents is 1. The van der Waals surface area contributed by atoms with E-state index in [9.17, 15) is 14.9 Å². The molecule has 8 heteroatoms. The third kappa shape index (κ3) is 2.67. The van der Waals surface area contributed by atoms with Crippen LogP contribution < -0.4 is 11.1 Å². The normalized spacial score (nSPS) is 25.4. The molecule has 108 valence electrons. The molecular weight excluding hydrogens is 330 g/mol. The van der Waals surface area contributed by atoms with Gasteiger partial charge in [-0.1, -0.05) is 0 Å². The van der Waals surface area contributed by atoms with E-state index in [1.54, 1.807) is 13.0 Å². The zero-order chi connectivity index (χ0) is 14.9. The number of carbonyl (C=O) groups is 1. The zero-order valence-corrected chi connectivity index (χ0v) is 12.3. The molecule has 1 aromatic carbocycles. The van der Waals surface area contributed by atoms with Gasteiger partial charge in [0.1, 0.15) is 0 Å². The summed E-state index contributed by atoms with van der Waals surface area (Å²) in [6.45, 7) is 2.27. The van der Waals surface area contributed by atoms with Crippen molar-refractivity contribution < 1.29 is 14.5 Å². The first-order valence-electron chi connectivity index (χ1n) is 5.93. The number of nitro groups is 1. The summed E-state index contributed by atoms with van der Waals surface area (Å²) in [5.41, 5.74) is 5.28. The molecule has 0 spiro atoms. The summed E-state index contributed by atoms with van der Waals surface area (Å²) in [5.74, 6) is -0.306. The number of benzene rings is 1. The maximum Gasteiger partial charge on any atom is 0.285 e. The number of nitrogens with zero attached hydrogens (tertiary/aromatic N) is 1. The molecule has 0 aliphatic carbocycles. The Morgan fingerprint density at radius 2 is 2.35 bits per heavy atom. The lowest BCUT2D eigenvalue weighted by atomic mass is 9.85. The second-order valence-corrected chi connectivity index (χ2v) is 5.77. The van der Waals surface area contributed by atoms with Gasteiger partial charge in [0, 0.05) is 17.8 Å². The number of hydrogen-bond donors (Lipinski definition) is 2. The highest BCUT2D eigenvalue weighted by atomic mass is 79.9. The van der Waals surface area contributed by atoms with Crippen LogP contribution in [0.1, 0.15) is 6.92 Å². The predicted molar refractivity (Wildman–Crippen MR) is 76.3 cm³/mol. The minimum absolute atomic E-state index is 0.111. The predicted octanol–water partition coefficient (Wildman–Crippen LogP) is 1.66. The van der Waals surface area contributed by atoms with Crippen molar-refractivity contribution in [1.82, 2.24) is 0 Å². The van der Waals surface area contributed by atoms with Gasteiger partial charge in [0.15, 0.2) is 0 Å². The number of carbonyl (C=O) groups excluding carboxylic acids is 1. The van der Waals surface area contributed by atoms with E-state index in [2.05, 4.69) is 21.2 Å². The number of hydrogen-bond acceptors (Lipinski definition) is 5. The maximum absolute atomic E-state index is 12.3. The molecule has 3 N–H and O–H groups in total. The standard InChI is InChI=1S/C12H14BrN3O4/c1-12(6-20-5-10(12)14)11(17)15-7-2-3-8(13)9(4-7)16(18)19/h2-4,10H,5-6,14H2,1H3,(H,15,17). The summed E-state index contributed by atoms with van der Waals surface area (Å²) >= 11 is 3.09. The van der Waals surface area contributed by atoms with E-state index in [0.717, 1.165) is 0 Å². The summed E-state index contributed by atoms with van der Waals surface area (Å²) in [6, 6.07) is 4.00. The fraction of sp³-hybridized carbons (Fsp3) is 0.417. The van der Waals surface area contributed by atoms with Crippen LogP contribution in [0, 0.1) is 15.5 Å². The third-order valence-corrected chi connectivity index (χ3v) is 4.11. The van der Waals surface area contributed by atoms with Crippen LogP contribution in [0.2, 0.25) is 0 Å². The topological polar surface area (TPSA) is 107 Å². The second kappa shape index (κ2) is 5.47. The lowest BCUT2D eigenvalue weighted by Gasteiger charge is -2.25. The molecule has 1 amide bonds. The molecule has 1 heterocycles. The van der Waals surface area contributed by atoms with Crippen molar-refractivity contribution in [1.29, 1.82) is 0 Å². The van der Waals surface area contributed by atoms with E-state index < -0.39 is 16.4 Å². The van der Waals surface area contributed by atoms with Gasteiger partial charge in [-0.25, -0.2) is 0 Å². The average Bonchev–Trinajstić information content (AvgIpc) is 2.73. The van der Waals surface area contributed by atoms with Crippen LogP contribution in [0.4, 0.5) is 11.4 Å². The van der Waals surface area contributed by atoms with E-state index in [1.807, 2.05) is 0 Å². The van der Waals surface area contributed by atoms with Gasteiger partial charge in [0.25, 0.3) is 5.69 Å². The Morgan fingerprint density at radius 1 is 1.65 bits per heavy atom. The van der Waals surface area contributed by atoms with Crippen molar-refractivity contribution in [3.63, 3.8) is 0 Å². The molecule has 2 rings (SSSR count). The first kappa shape index (κ1) is 14.9. The number of nitrogens with one attached hydrogen (secondary N) is 1. The highest BCUT2D eigenvalue weighted by Crippen LogP contribution is 2.31. The van der Waals surface area contributed by atoms with Gasteiger partial charge in [0.2, 0.25) is 5.91 Å². The number of nitrogens with two attached hydrogens (primary N) is 1. The summed E-state index contributed by atoms with van der Waals surface area (Å²) < 4.78 is 5.56. The molecule has 7 nitrogen and oxygen atoms in total. The highest BCUT2D eigenvalue weighted by Gasteiger charge is 2.44. The Hall–Kier alpha value is -1.51. The van der Waals surface area contributed by atoms with Gasteiger partial charge in [-0.05, 0) is 35.0 Å². The number of amides is 1. The number of ether oxygens (including phenoxy) is 1. The molecule has 0 radical (unpaired) electrons. The fourth-order valence-corrected chi connectivity index (χ4v) is 2.32. The van der Waals surface area contributed by atoms with Crippen molar-refractivity contribution in [3.8, 4) is 0 Å². The Morgan fingerprint density at radius 3 is 2.90 bits per heavy atom. The Kier molecular flexibility index (Phi) is 4.07. The maximum atomic E-state index is 12.3. The number of halogens is 1. The lowest BCUT2D eigenvalue weighted by molar-refractivity contribution is -0.385. The second-order valence-electron chi connectivity index (χ2n) is 4.92. The molecule has 2 atom stereocenters. The molecule has 0 saturated carbocycles. The number of rotatable bonds is 3. The average molecular weight is 344 g/mol. The molecule has 1 saturated heterocycles. The monoisotopic (exact) mass is 343 g/mol. The molecule has 1 aliphatic heterocycles. The van der Waals surface area contributed by atoms with Gasteiger partial charge in [-0.2, -0.15) is 0 Å². The summed E-state index contributed by atoms with van der Waals surface area (Å²) in [6.07, 6.45) is 0. The Labute approximate surface area is 123 Å². The SMILES string of the molecule is CC1(C(=O)Nc2ccc(Br)c([N+](=O)[O-])c2)COCC1N. The molecule has 1 fully saturated rings. The largest absolute Gasteiger partial charge is 0.379 e. The van der Waals surface area contributed by atoms with Crippen molar-refractivity contribution >= 4 is 33.2 Å². The Bertz CT molecular complexity index is 566. The summed E-state index contributed by atoms with van der Waals surface area (Å²) in [5, 5.41) is 13.5. The Balaban J connectivity index is 2.20. The minimum Gasteiger partial charge on any atom is -0.379 e. The third-order valence-electron chi connectivity index (χ3n) is 3.44. The van der Waals surface area contributed by atoms with E-state index >= 15 is 0 Å². The van der Waals surface area contributed by atoms with Crippen LogP contribution in [0.5, 0.6) is 0 Å². The zero-order valence-electron chi connectivity index (χ0n) is 10.8.